The number of aliphatic hydroxyl groups excluding tert-OH is 1. The number of unbranched alkanes of at least 4 members (excludes halogenated alkanes) is 1. The fourth-order valence-electron chi connectivity index (χ4n) is 3.67. The molecular weight excluding hydrogens is 887 g/mol. The molecule has 2 heterocycles. The number of aromatic nitrogens is 2. The lowest BCUT2D eigenvalue weighted by molar-refractivity contribution is -0.162. The van der Waals surface area contributed by atoms with Crippen molar-refractivity contribution >= 4 is 59.5 Å². The van der Waals surface area contributed by atoms with Crippen molar-refractivity contribution in [2.24, 2.45) is 51.8 Å². The molecule has 0 aliphatic carbocycles. The molecule has 1 aromatic heterocycles. The molecule has 0 saturated carbocycles. The molecular formula is C37H75N11O16S. The number of esters is 2. The number of nitrogens with zero attached hydrogens (tertiary/aromatic N) is 1. The Morgan fingerprint density at radius 2 is 1.28 bits per heavy atom. The second kappa shape index (κ2) is 43.0. The van der Waals surface area contributed by atoms with Crippen molar-refractivity contribution in [3.63, 3.8) is 0 Å². The first-order chi connectivity index (χ1) is 30.0. The normalized spacial score (nSPS) is 15.4. The summed E-state index contributed by atoms with van der Waals surface area (Å²) in [5, 5.41) is 60.0. The predicted octanol–water partition coefficient (Wildman–Crippen LogP) is -3.55. The average molecular weight is 962 g/mol. The number of rotatable bonds is 20. The summed E-state index contributed by atoms with van der Waals surface area (Å²) >= 11 is 1.58. The van der Waals surface area contributed by atoms with Gasteiger partial charge in [-0.1, -0.05) is 20.3 Å². The lowest BCUT2D eigenvalue weighted by Gasteiger charge is -2.14. The first-order valence-electron chi connectivity index (χ1n) is 20.0. The summed E-state index contributed by atoms with van der Waals surface area (Å²) in [6.07, 6.45) is 9.25. The zero-order chi connectivity index (χ0) is 51.8. The van der Waals surface area contributed by atoms with Gasteiger partial charge in [0.2, 0.25) is 0 Å². The standard InChI is InChI=1S/C11H22N2O3S.C6H9N3O2.C6H14N2O2.C5H9NO2.C4H9NO3.C3H7NO2.C2H5NO2/c1-7(2)6-9(13)11(15)16-10(14)8(12)4-5-17-3;7-5(6(10)11)1-4-2-8-3-9-4;7-4-2-1-3-5(8)6(9)10;7-5(8)4-2-1-3-6-4;1-2(6)3(5)4(7)8;1-2(4)3(5)6;3-1-2(4)5/h7-9H,4-6,12-13H2,1-3H3;2-3,5H,1,7H2,(H,8,9)(H,10,11);5H,1-4,7-8H2,(H,9,10);4,6H,1-3H2,(H,7,8);2-3,6H,5H2,1H3,(H,7,8);2H,4H2,1H3,(H,5,6);1,3H2,(H,4,5)/t8-,9-;2*5-;4-;2-,3+;2-;/m000010./s1. The van der Waals surface area contributed by atoms with Gasteiger partial charge < -0.3 is 96.7 Å². The van der Waals surface area contributed by atoms with Crippen LogP contribution in [-0.2, 0) is 49.5 Å². The number of carboxylic acids is 6. The highest BCUT2D eigenvalue weighted by atomic mass is 32.2. The Hall–Kier alpha value is -4.88. The third-order valence-electron chi connectivity index (χ3n) is 7.48. The number of hydrogen-bond donors (Lipinski definition) is 17. The summed E-state index contributed by atoms with van der Waals surface area (Å²) in [5.41, 5.74) is 41.8. The van der Waals surface area contributed by atoms with Crippen LogP contribution in [0.3, 0.4) is 0 Å². The van der Waals surface area contributed by atoms with Crippen LogP contribution in [0, 0.1) is 5.92 Å². The number of nitrogens with two attached hydrogens (primary N) is 8. The molecule has 380 valence electrons. The zero-order valence-corrected chi connectivity index (χ0v) is 38.4. The van der Waals surface area contributed by atoms with Gasteiger partial charge >= 0.3 is 47.8 Å². The number of H-pyrrole nitrogens is 1. The molecule has 1 fully saturated rings. The zero-order valence-electron chi connectivity index (χ0n) is 37.6. The number of carbonyl (C=O) groups is 8. The fourth-order valence-corrected chi connectivity index (χ4v) is 4.16. The van der Waals surface area contributed by atoms with Crippen molar-refractivity contribution in [1.29, 1.82) is 0 Å². The minimum absolute atomic E-state index is 0.263. The molecule has 1 aromatic rings. The van der Waals surface area contributed by atoms with Crippen molar-refractivity contribution < 1.29 is 78.8 Å². The molecule has 0 aromatic carbocycles. The van der Waals surface area contributed by atoms with E-state index in [0.717, 1.165) is 38.0 Å². The molecule has 27 nitrogen and oxygen atoms in total. The van der Waals surface area contributed by atoms with Gasteiger partial charge in [0.15, 0.2) is 0 Å². The summed E-state index contributed by atoms with van der Waals surface area (Å²) in [6.45, 7) is 7.82. The molecule has 2 rings (SSSR count). The number of aliphatic hydroxyl groups is 1. The Balaban J connectivity index is -0.000000223. The van der Waals surface area contributed by atoms with Crippen molar-refractivity contribution in [1.82, 2.24) is 15.3 Å². The van der Waals surface area contributed by atoms with E-state index in [1.165, 1.54) is 20.2 Å². The highest BCUT2D eigenvalue weighted by Gasteiger charge is 2.24. The van der Waals surface area contributed by atoms with E-state index in [4.69, 9.17) is 75.9 Å². The predicted molar refractivity (Wildman–Crippen MR) is 240 cm³/mol. The highest BCUT2D eigenvalue weighted by Crippen LogP contribution is 2.06. The number of imidazole rings is 1. The number of carbonyl (C=O) groups excluding carboxylic acids is 2. The lowest BCUT2D eigenvalue weighted by Crippen LogP contribution is -2.40. The minimum atomic E-state index is -1.18. The Kier molecular flexibility index (Phi) is 45.8. The SMILES string of the molecule is CSCC[C@H](N)C(=O)OC(=O)[C@@H](N)CC(C)C.C[C@@H](O)[C@H](N)C(=O)O.C[C@H](N)C(=O)O.NCC(=O)O.NCCCC[C@H](N)C(=O)O.N[C@@H](Cc1c[nH]cn1)C(=O)O.O=C(O)[C@@H]1CCCN1. The van der Waals surface area contributed by atoms with E-state index in [9.17, 15) is 38.4 Å². The number of hydrogen-bond acceptors (Lipinski definition) is 21. The average Bonchev–Trinajstić information content (AvgIpc) is 3.96. The van der Waals surface area contributed by atoms with Gasteiger partial charge in [0.05, 0.1) is 24.7 Å². The van der Waals surface area contributed by atoms with Gasteiger partial charge in [0.25, 0.3) is 0 Å². The van der Waals surface area contributed by atoms with Crippen molar-refractivity contribution in [3.8, 4) is 0 Å². The molecule has 0 radical (unpaired) electrons. The summed E-state index contributed by atoms with van der Waals surface area (Å²) in [6, 6.07) is -5.25. The number of nitrogens with one attached hydrogen (secondary N) is 2. The maximum absolute atomic E-state index is 11.4. The van der Waals surface area contributed by atoms with Crippen molar-refractivity contribution in [2.75, 3.05) is 31.6 Å². The minimum Gasteiger partial charge on any atom is -0.480 e. The monoisotopic (exact) mass is 962 g/mol. The quantitative estimate of drug-likeness (QED) is 0.0342. The molecule has 65 heavy (non-hydrogen) atoms. The maximum Gasteiger partial charge on any atom is 0.330 e. The Morgan fingerprint density at radius 1 is 0.769 bits per heavy atom. The number of ether oxygens (including phenoxy) is 1. The molecule has 1 aliphatic rings. The summed E-state index contributed by atoms with van der Waals surface area (Å²) in [5.74, 6) is -6.13. The fraction of sp³-hybridized carbons (Fsp3) is 0.703. The van der Waals surface area contributed by atoms with Gasteiger partial charge in [-0.3, -0.25) is 28.8 Å². The van der Waals surface area contributed by atoms with Crippen molar-refractivity contribution in [2.45, 2.75) is 127 Å². The molecule has 0 bridgehead atoms. The molecule has 1 aliphatic heterocycles. The largest absolute Gasteiger partial charge is 0.480 e. The van der Waals surface area contributed by atoms with E-state index in [2.05, 4.69) is 25.8 Å². The van der Waals surface area contributed by atoms with E-state index in [-0.39, 0.29) is 24.9 Å². The van der Waals surface area contributed by atoms with E-state index in [0.29, 0.717) is 31.5 Å². The molecule has 0 unspecified atom stereocenters. The summed E-state index contributed by atoms with van der Waals surface area (Å²) in [4.78, 5) is 88.6. The molecule has 0 amide bonds. The third kappa shape index (κ3) is 46.9. The summed E-state index contributed by atoms with van der Waals surface area (Å²) in [7, 11) is 0. The van der Waals surface area contributed by atoms with Crippen LogP contribution in [-0.4, -0.2) is 174 Å². The molecule has 8 atom stereocenters. The van der Waals surface area contributed by atoms with Gasteiger partial charge in [-0.25, -0.2) is 14.6 Å². The molecule has 0 spiro atoms. The number of carboxylic acid groups (broad SMARTS) is 6. The lowest BCUT2D eigenvalue weighted by atomic mass is 10.1. The Morgan fingerprint density at radius 3 is 1.57 bits per heavy atom. The smallest absolute Gasteiger partial charge is 0.330 e. The molecule has 28 heteroatoms. The van der Waals surface area contributed by atoms with Gasteiger partial charge in [0.1, 0.15) is 42.3 Å². The van der Waals surface area contributed by atoms with Crippen LogP contribution in [0.15, 0.2) is 12.5 Å². The number of aliphatic carboxylic acids is 6. The Labute approximate surface area is 382 Å². The van der Waals surface area contributed by atoms with E-state index < -0.39 is 90.1 Å². The van der Waals surface area contributed by atoms with E-state index >= 15 is 0 Å². The first-order valence-corrected chi connectivity index (χ1v) is 21.4. The van der Waals surface area contributed by atoms with Gasteiger partial charge in [-0.05, 0) is 83.4 Å². The highest BCUT2D eigenvalue weighted by molar-refractivity contribution is 7.98. The third-order valence-corrected chi connectivity index (χ3v) is 8.12. The van der Waals surface area contributed by atoms with Crippen LogP contribution >= 0.6 is 11.8 Å². The topological polar surface area (TPSA) is 536 Å². The second-order valence-corrected chi connectivity index (χ2v) is 15.1. The van der Waals surface area contributed by atoms with E-state index in [1.807, 2.05) is 20.1 Å². The van der Waals surface area contributed by atoms with E-state index in [1.54, 1.807) is 18.0 Å². The van der Waals surface area contributed by atoms with Crippen LogP contribution in [0.25, 0.3) is 0 Å². The maximum atomic E-state index is 11.4. The number of aromatic amines is 1. The van der Waals surface area contributed by atoms with Crippen LogP contribution in [0.5, 0.6) is 0 Å². The summed E-state index contributed by atoms with van der Waals surface area (Å²) < 4.78 is 4.63. The van der Waals surface area contributed by atoms with Crippen LogP contribution in [0.2, 0.25) is 0 Å². The second-order valence-electron chi connectivity index (χ2n) is 14.1. The van der Waals surface area contributed by atoms with Crippen LogP contribution in [0.1, 0.15) is 78.3 Å². The molecule has 25 N–H and O–H groups in total. The van der Waals surface area contributed by atoms with Crippen LogP contribution in [0.4, 0.5) is 0 Å². The van der Waals surface area contributed by atoms with Crippen molar-refractivity contribution in [3.05, 3.63) is 18.2 Å². The Bertz CT molecular complexity index is 1440. The molecule has 1 saturated heterocycles. The van der Waals surface area contributed by atoms with Gasteiger partial charge in [-0.15, -0.1) is 0 Å². The van der Waals surface area contributed by atoms with Gasteiger partial charge in [-0.2, -0.15) is 11.8 Å². The van der Waals surface area contributed by atoms with Crippen LogP contribution < -0.4 is 51.2 Å². The number of thioether (sulfide) groups is 1. The van der Waals surface area contributed by atoms with Gasteiger partial charge in [0, 0.05) is 12.6 Å². The first kappa shape index (κ1) is 69.2.